The molecule has 0 saturated heterocycles. The van der Waals surface area contributed by atoms with Crippen molar-refractivity contribution in [1.82, 2.24) is 5.32 Å². The van der Waals surface area contributed by atoms with Gasteiger partial charge in [-0.2, -0.15) is 0 Å². The lowest BCUT2D eigenvalue weighted by Gasteiger charge is -2.00. The van der Waals surface area contributed by atoms with Crippen LogP contribution in [0.2, 0.25) is 0 Å². The molecule has 1 rings (SSSR count). The van der Waals surface area contributed by atoms with E-state index in [4.69, 9.17) is 9.15 Å². The second kappa shape index (κ2) is 6.76. The summed E-state index contributed by atoms with van der Waals surface area (Å²) in [5.41, 5.74) is 0. The summed E-state index contributed by atoms with van der Waals surface area (Å²) in [5, 5.41) is 3.16. The molecule has 0 amide bonds. The van der Waals surface area contributed by atoms with E-state index in [9.17, 15) is 4.21 Å². The molecule has 0 aliphatic carbocycles. The maximum Gasteiger partial charge on any atom is 0.129 e. The normalized spacial score (nSPS) is 12.9. The summed E-state index contributed by atoms with van der Waals surface area (Å²) in [6.45, 7) is 1.91. The van der Waals surface area contributed by atoms with Crippen LogP contribution in [0.3, 0.4) is 0 Å². The molecule has 0 saturated carbocycles. The van der Waals surface area contributed by atoms with Gasteiger partial charge in [0.05, 0.1) is 6.54 Å². The first-order valence-corrected chi connectivity index (χ1v) is 6.52. The zero-order chi connectivity index (χ0) is 11.1. The lowest BCUT2D eigenvalue weighted by atomic mass is 10.4. The van der Waals surface area contributed by atoms with Crippen molar-refractivity contribution in [3.05, 3.63) is 23.7 Å². The predicted molar refractivity (Wildman–Crippen MR) is 60.1 cm³/mol. The highest BCUT2D eigenvalue weighted by molar-refractivity contribution is 7.84. The minimum Gasteiger partial charge on any atom is -0.462 e. The molecule has 1 unspecified atom stereocenters. The van der Waals surface area contributed by atoms with E-state index in [-0.39, 0.29) is 0 Å². The Hall–Kier alpha value is -0.650. The summed E-state index contributed by atoms with van der Waals surface area (Å²) in [4.78, 5) is 0. The zero-order valence-corrected chi connectivity index (χ0v) is 9.93. The first kappa shape index (κ1) is 12.4. The van der Waals surface area contributed by atoms with E-state index in [1.807, 2.05) is 12.1 Å². The maximum absolute atomic E-state index is 10.8. The number of hydrogen-bond acceptors (Lipinski definition) is 4. The molecule has 0 aliphatic heterocycles. The Labute approximate surface area is 92.5 Å². The summed E-state index contributed by atoms with van der Waals surface area (Å²) >= 11 is 0. The van der Waals surface area contributed by atoms with Crippen molar-refractivity contribution in [3.8, 4) is 0 Å². The smallest absolute Gasteiger partial charge is 0.129 e. The molecule has 1 aromatic heterocycles. The highest BCUT2D eigenvalue weighted by Crippen LogP contribution is 2.08. The summed E-state index contributed by atoms with van der Waals surface area (Å²) < 4.78 is 21.2. The predicted octanol–water partition coefficient (Wildman–Crippen LogP) is 0.894. The largest absolute Gasteiger partial charge is 0.462 e. The maximum atomic E-state index is 10.8. The summed E-state index contributed by atoms with van der Waals surface area (Å²) in [6, 6.07) is 3.82. The van der Waals surface area contributed by atoms with E-state index in [2.05, 4.69) is 5.32 Å². The van der Waals surface area contributed by atoms with Crippen molar-refractivity contribution in [3.63, 3.8) is 0 Å². The van der Waals surface area contributed by atoms with Crippen LogP contribution in [0.1, 0.15) is 11.5 Å². The van der Waals surface area contributed by atoms with Gasteiger partial charge in [0.15, 0.2) is 0 Å². The molecule has 0 radical (unpaired) electrons. The Kier molecular flexibility index (Phi) is 5.60. The van der Waals surface area contributed by atoms with Gasteiger partial charge in [-0.3, -0.25) is 4.21 Å². The summed E-state index contributed by atoms with van der Waals surface area (Å²) in [7, 11) is 0.902. The highest BCUT2D eigenvalue weighted by atomic mass is 32.2. The highest BCUT2D eigenvalue weighted by Gasteiger charge is 2.01. The van der Waals surface area contributed by atoms with Crippen LogP contribution in [0.25, 0.3) is 0 Å². The number of ether oxygens (including phenoxy) is 1. The molecule has 5 heteroatoms. The van der Waals surface area contributed by atoms with Crippen molar-refractivity contribution in [2.24, 2.45) is 0 Å². The number of hydrogen-bond donors (Lipinski definition) is 1. The SMILES string of the molecule is COCc1ccc(CNCCS(C)=O)o1. The van der Waals surface area contributed by atoms with E-state index in [1.165, 1.54) is 0 Å². The Morgan fingerprint density at radius 3 is 2.87 bits per heavy atom. The van der Waals surface area contributed by atoms with Crippen LogP contribution < -0.4 is 5.32 Å². The lowest BCUT2D eigenvalue weighted by molar-refractivity contribution is 0.162. The lowest BCUT2D eigenvalue weighted by Crippen LogP contribution is -2.19. The Bertz CT molecular complexity index is 311. The molecule has 15 heavy (non-hydrogen) atoms. The van der Waals surface area contributed by atoms with Gasteiger partial charge in [0.1, 0.15) is 18.1 Å². The average molecular weight is 231 g/mol. The van der Waals surface area contributed by atoms with Crippen LogP contribution in [-0.2, 0) is 28.7 Å². The molecule has 0 fully saturated rings. The third-order valence-electron chi connectivity index (χ3n) is 1.87. The molecule has 1 N–H and O–H groups in total. The van der Waals surface area contributed by atoms with Crippen molar-refractivity contribution >= 4 is 10.8 Å². The van der Waals surface area contributed by atoms with Crippen LogP contribution in [-0.4, -0.2) is 29.9 Å². The van der Waals surface area contributed by atoms with Crippen molar-refractivity contribution in [2.75, 3.05) is 25.7 Å². The van der Waals surface area contributed by atoms with E-state index in [1.54, 1.807) is 13.4 Å². The summed E-state index contributed by atoms with van der Waals surface area (Å²) in [5.74, 6) is 2.38. The first-order valence-electron chi connectivity index (χ1n) is 4.79. The molecule has 1 aromatic rings. The average Bonchev–Trinajstić information content (AvgIpc) is 2.61. The molecule has 0 aliphatic rings. The van der Waals surface area contributed by atoms with Crippen LogP contribution in [0.4, 0.5) is 0 Å². The molecule has 0 bridgehead atoms. The monoisotopic (exact) mass is 231 g/mol. The van der Waals surface area contributed by atoms with E-state index in [0.29, 0.717) is 18.9 Å². The van der Waals surface area contributed by atoms with Crippen molar-refractivity contribution in [2.45, 2.75) is 13.2 Å². The third-order valence-corrected chi connectivity index (χ3v) is 2.65. The zero-order valence-electron chi connectivity index (χ0n) is 9.12. The van der Waals surface area contributed by atoms with Gasteiger partial charge in [0, 0.05) is 36.5 Å². The van der Waals surface area contributed by atoms with Crippen LogP contribution >= 0.6 is 0 Å². The minimum atomic E-state index is -0.734. The van der Waals surface area contributed by atoms with E-state index < -0.39 is 10.8 Å². The van der Waals surface area contributed by atoms with Gasteiger partial charge in [0.2, 0.25) is 0 Å². The second-order valence-electron chi connectivity index (χ2n) is 3.26. The van der Waals surface area contributed by atoms with Gasteiger partial charge in [-0.05, 0) is 12.1 Å². The Balaban J connectivity index is 2.22. The van der Waals surface area contributed by atoms with E-state index >= 15 is 0 Å². The number of rotatable bonds is 7. The molecule has 0 spiro atoms. The number of nitrogens with one attached hydrogen (secondary N) is 1. The van der Waals surface area contributed by atoms with Gasteiger partial charge >= 0.3 is 0 Å². The Morgan fingerprint density at radius 1 is 1.47 bits per heavy atom. The van der Waals surface area contributed by atoms with Crippen LogP contribution in [0, 0.1) is 0 Å². The first-order chi connectivity index (χ1) is 7.22. The number of methoxy groups -OCH3 is 1. The minimum absolute atomic E-state index is 0.499. The Morgan fingerprint density at radius 2 is 2.20 bits per heavy atom. The quantitative estimate of drug-likeness (QED) is 0.708. The number of furan rings is 1. The van der Waals surface area contributed by atoms with Gasteiger partial charge in [0.25, 0.3) is 0 Å². The third kappa shape index (κ3) is 5.11. The summed E-state index contributed by atoms with van der Waals surface area (Å²) in [6.07, 6.45) is 1.70. The fourth-order valence-electron chi connectivity index (χ4n) is 1.16. The van der Waals surface area contributed by atoms with Crippen LogP contribution in [0.5, 0.6) is 0 Å². The van der Waals surface area contributed by atoms with Gasteiger partial charge in [-0.15, -0.1) is 0 Å². The second-order valence-corrected chi connectivity index (χ2v) is 4.81. The topological polar surface area (TPSA) is 51.5 Å². The molecular formula is C10H17NO3S. The van der Waals surface area contributed by atoms with Gasteiger partial charge in [-0.1, -0.05) is 0 Å². The molecule has 0 aromatic carbocycles. The standard InChI is InChI=1S/C10H17NO3S/c1-13-8-10-4-3-9(14-10)7-11-5-6-15(2)12/h3-4,11H,5-8H2,1-2H3. The van der Waals surface area contributed by atoms with Gasteiger partial charge in [-0.25, -0.2) is 0 Å². The molecule has 1 atom stereocenters. The van der Waals surface area contributed by atoms with Crippen molar-refractivity contribution < 1.29 is 13.4 Å². The fraction of sp³-hybridized carbons (Fsp3) is 0.600. The molecule has 86 valence electrons. The molecular weight excluding hydrogens is 214 g/mol. The van der Waals surface area contributed by atoms with Crippen molar-refractivity contribution in [1.29, 1.82) is 0 Å². The van der Waals surface area contributed by atoms with Crippen LogP contribution in [0.15, 0.2) is 16.5 Å². The van der Waals surface area contributed by atoms with E-state index in [0.717, 1.165) is 18.1 Å². The van der Waals surface area contributed by atoms with Gasteiger partial charge < -0.3 is 14.5 Å². The molecule has 1 heterocycles. The molecule has 4 nitrogen and oxygen atoms in total. The fourth-order valence-corrected chi connectivity index (χ4v) is 1.60.